The molecule has 1 saturated heterocycles. The lowest BCUT2D eigenvalue weighted by Crippen LogP contribution is -2.44. The van der Waals surface area contributed by atoms with Crippen molar-refractivity contribution in [1.29, 1.82) is 0 Å². The molecule has 8 heteroatoms. The van der Waals surface area contributed by atoms with Gasteiger partial charge in [0.2, 0.25) is 5.88 Å². The molecule has 2 aromatic heterocycles. The summed E-state index contributed by atoms with van der Waals surface area (Å²) >= 11 is 1.39. The summed E-state index contributed by atoms with van der Waals surface area (Å²) in [7, 11) is 3.18. The molecule has 1 aliphatic rings. The van der Waals surface area contributed by atoms with Gasteiger partial charge in [-0.15, -0.1) is 11.3 Å². The number of carbonyl (C=O) groups excluding carboxylic acids is 1. The highest BCUT2D eigenvalue weighted by atomic mass is 32.1. The number of hydrogen-bond acceptors (Lipinski definition) is 7. The molecule has 1 fully saturated rings. The summed E-state index contributed by atoms with van der Waals surface area (Å²) in [4.78, 5) is 25.8. The Hall–Kier alpha value is -2.03. The van der Waals surface area contributed by atoms with Crippen LogP contribution in [0.5, 0.6) is 5.88 Å². The molecule has 2 aromatic rings. The first kappa shape index (κ1) is 21.7. The molecule has 0 atom stereocenters. The predicted molar refractivity (Wildman–Crippen MR) is 116 cm³/mol. The molecule has 0 spiro atoms. The number of amides is 1. The van der Waals surface area contributed by atoms with Crippen molar-refractivity contribution in [2.45, 2.75) is 46.3 Å². The van der Waals surface area contributed by atoms with Crippen LogP contribution in [0.4, 0.5) is 0 Å². The summed E-state index contributed by atoms with van der Waals surface area (Å²) in [6.07, 6.45) is 4.19. The Morgan fingerprint density at radius 3 is 2.62 bits per heavy atom. The van der Waals surface area contributed by atoms with Crippen molar-refractivity contribution in [2.75, 3.05) is 33.9 Å². The van der Waals surface area contributed by atoms with Crippen LogP contribution < -0.4 is 10.1 Å². The molecule has 0 radical (unpaired) electrons. The molecule has 3 heterocycles. The first-order chi connectivity index (χ1) is 13.9. The van der Waals surface area contributed by atoms with Gasteiger partial charge >= 0.3 is 0 Å². The minimum atomic E-state index is -0.0383. The Kier molecular flexibility index (Phi) is 7.21. The van der Waals surface area contributed by atoms with E-state index in [1.54, 1.807) is 14.2 Å². The van der Waals surface area contributed by atoms with Gasteiger partial charge in [0.25, 0.3) is 5.91 Å². The maximum atomic E-state index is 13.0. The van der Waals surface area contributed by atoms with Crippen LogP contribution >= 0.6 is 11.3 Å². The molecule has 1 amide bonds. The number of methoxy groups -OCH3 is 2. The third-order valence-corrected chi connectivity index (χ3v) is 6.34. The summed E-state index contributed by atoms with van der Waals surface area (Å²) in [5, 5.41) is 4.02. The molecule has 0 saturated carbocycles. The molecule has 3 rings (SSSR count). The van der Waals surface area contributed by atoms with Gasteiger partial charge in [0, 0.05) is 32.8 Å². The molecular weight excluding hydrogens is 388 g/mol. The van der Waals surface area contributed by atoms with Crippen LogP contribution in [0.25, 0.3) is 10.2 Å². The van der Waals surface area contributed by atoms with Crippen molar-refractivity contribution in [3.8, 4) is 5.88 Å². The van der Waals surface area contributed by atoms with Crippen molar-refractivity contribution in [3.05, 3.63) is 27.9 Å². The smallest absolute Gasteiger partial charge is 0.261 e. The van der Waals surface area contributed by atoms with E-state index >= 15 is 0 Å². The molecule has 158 valence electrons. The van der Waals surface area contributed by atoms with Crippen LogP contribution in [0.1, 0.15) is 47.7 Å². The molecule has 1 N–H and O–H groups in total. The van der Waals surface area contributed by atoms with Gasteiger partial charge in [-0.2, -0.15) is 4.98 Å². The fraction of sp³-hybridized carbons (Fsp3) is 0.571. The number of carbonyl (C=O) groups is 1. The summed E-state index contributed by atoms with van der Waals surface area (Å²) in [6.45, 7) is 9.46. The molecule has 1 aliphatic heterocycles. The third-order valence-electron chi connectivity index (χ3n) is 5.16. The summed E-state index contributed by atoms with van der Waals surface area (Å²) < 4.78 is 10.6. The lowest BCUT2D eigenvalue weighted by molar-refractivity contribution is 0.0917. The Balaban J connectivity index is 1.71. The average molecular weight is 419 g/mol. The Morgan fingerprint density at radius 2 is 2.00 bits per heavy atom. The first-order valence-electron chi connectivity index (χ1n) is 9.92. The van der Waals surface area contributed by atoms with Gasteiger partial charge in [-0.1, -0.05) is 11.6 Å². The highest BCUT2D eigenvalue weighted by Gasteiger charge is 2.25. The van der Waals surface area contributed by atoms with Gasteiger partial charge in [0.15, 0.2) is 5.82 Å². The van der Waals surface area contributed by atoms with E-state index in [2.05, 4.69) is 40.1 Å². The summed E-state index contributed by atoms with van der Waals surface area (Å²) in [5.74, 6) is 1.000. The minimum absolute atomic E-state index is 0.0383. The van der Waals surface area contributed by atoms with E-state index in [0.717, 1.165) is 48.3 Å². The number of hydrogen-bond donors (Lipinski definition) is 1. The zero-order valence-corrected chi connectivity index (χ0v) is 18.7. The van der Waals surface area contributed by atoms with E-state index < -0.39 is 0 Å². The fourth-order valence-corrected chi connectivity index (χ4v) is 4.62. The van der Waals surface area contributed by atoms with Gasteiger partial charge in [0.05, 0.1) is 17.4 Å². The lowest BCUT2D eigenvalue weighted by Gasteiger charge is -2.31. The number of nitrogens with one attached hydrogen (secondary N) is 1. The quantitative estimate of drug-likeness (QED) is 0.695. The van der Waals surface area contributed by atoms with Gasteiger partial charge in [-0.05, 0) is 39.2 Å². The largest absolute Gasteiger partial charge is 0.480 e. The van der Waals surface area contributed by atoms with Crippen molar-refractivity contribution in [1.82, 2.24) is 20.2 Å². The van der Waals surface area contributed by atoms with E-state index in [4.69, 9.17) is 9.47 Å². The van der Waals surface area contributed by atoms with Crippen molar-refractivity contribution < 1.29 is 14.3 Å². The molecule has 29 heavy (non-hydrogen) atoms. The number of likely N-dealkylation sites (tertiary alicyclic amines) is 1. The predicted octanol–water partition coefficient (Wildman–Crippen LogP) is 3.32. The second-order valence-electron chi connectivity index (χ2n) is 7.65. The van der Waals surface area contributed by atoms with Crippen LogP contribution in [-0.2, 0) is 11.3 Å². The van der Waals surface area contributed by atoms with Gasteiger partial charge < -0.3 is 14.8 Å². The van der Waals surface area contributed by atoms with Gasteiger partial charge in [-0.25, -0.2) is 4.98 Å². The standard InChI is InChI=1S/C21H30N4O3S/c1-13(2)6-9-25-10-7-15(8-11-25)22-19(26)18-14(3)17-20(28-5)23-16(12-27-4)24-21(17)29-18/h6,15H,7-12H2,1-5H3,(H,22,26). The van der Waals surface area contributed by atoms with Gasteiger partial charge in [-0.3, -0.25) is 9.69 Å². The normalized spacial score (nSPS) is 15.5. The Bertz CT molecular complexity index is 897. The number of piperidine rings is 1. The Morgan fingerprint density at radius 1 is 1.28 bits per heavy atom. The molecule has 0 aromatic carbocycles. The van der Waals surface area contributed by atoms with Crippen molar-refractivity contribution in [2.24, 2.45) is 0 Å². The van der Waals surface area contributed by atoms with E-state index in [1.165, 1.54) is 16.9 Å². The molecular formula is C21H30N4O3S. The number of ether oxygens (including phenoxy) is 2. The highest BCUT2D eigenvalue weighted by Crippen LogP contribution is 2.35. The average Bonchev–Trinajstić information content (AvgIpc) is 3.03. The Labute approximate surface area is 176 Å². The second-order valence-corrected chi connectivity index (χ2v) is 8.65. The van der Waals surface area contributed by atoms with E-state index in [0.29, 0.717) is 23.2 Å². The van der Waals surface area contributed by atoms with Crippen LogP contribution in [0.15, 0.2) is 11.6 Å². The zero-order valence-electron chi connectivity index (χ0n) is 17.9. The number of rotatable bonds is 7. The number of thiophene rings is 1. The van der Waals surface area contributed by atoms with Crippen LogP contribution in [0.2, 0.25) is 0 Å². The number of fused-ring (bicyclic) bond motifs is 1. The number of nitrogens with zero attached hydrogens (tertiary/aromatic N) is 3. The molecule has 0 aliphatic carbocycles. The first-order valence-corrected chi connectivity index (χ1v) is 10.7. The number of allylic oxidation sites excluding steroid dienone is 1. The summed E-state index contributed by atoms with van der Waals surface area (Å²) in [5.41, 5.74) is 2.21. The van der Waals surface area contributed by atoms with Crippen LogP contribution in [0.3, 0.4) is 0 Å². The van der Waals surface area contributed by atoms with Crippen molar-refractivity contribution >= 4 is 27.5 Å². The van der Waals surface area contributed by atoms with Crippen LogP contribution in [-0.4, -0.2) is 60.7 Å². The van der Waals surface area contributed by atoms with E-state index in [1.807, 2.05) is 6.92 Å². The van der Waals surface area contributed by atoms with Crippen molar-refractivity contribution in [3.63, 3.8) is 0 Å². The third kappa shape index (κ3) is 5.12. The SMILES string of the molecule is COCc1nc(OC)c2c(C)c(C(=O)NC3CCN(CC=C(C)C)CC3)sc2n1. The van der Waals surface area contributed by atoms with Crippen LogP contribution in [0, 0.1) is 6.92 Å². The topological polar surface area (TPSA) is 76.6 Å². The van der Waals surface area contributed by atoms with Gasteiger partial charge in [0.1, 0.15) is 11.4 Å². The minimum Gasteiger partial charge on any atom is -0.480 e. The zero-order chi connectivity index (χ0) is 21.0. The monoisotopic (exact) mass is 418 g/mol. The maximum Gasteiger partial charge on any atom is 0.261 e. The fourth-order valence-electron chi connectivity index (χ4n) is 3.52. The number of aromatic nitrogens is 2. The van der Waals surface area contributed by atoms with E-state index in [-0.39, 0.29) is 11.9 Å². The summed E-state index contributed by atoms with van der Waals surface area (Å²) in [6, 6.07) is 0.201. The molecule has 0 unspecified atom stereocenters. The highest BCUT2D eigenvalue weighted by molar-refractivity contribution is 7.20. The second kappa shape index (κ2) is 9.65. The molecule has 7 nitrogen and oxygen atoms in total. The number of aryl methyl sites for hydroxylation is 1. The maximum absolute atomic E-state index is 13.0. The van der Waals surface area contributed by atoms with E-state index in [9.17, 15) is 4.79 Å². The molecule has 0 bridgehead atoms. The lowest BCUT2D eigenvalue weighted by atomic mass is 10.0.